The van der Waals surface area contributed by atoms with Gasteiger partial charge in [-0.15, -0.1) is 0 Å². The van der Waals surface area contributed by atoms with Crippen LogP contribution in [0.5, 0.6) is 5.75 Å². The molecule has 0 aliphatic rings. The lowest BCUT2D eigenvalue weighted by Gasteiger charge is -2.11. The summed E-state index contributed by atoms with van der Waals surface area (Å²) < 4.78 is 10.2. The molecule has 0 aromatic heterocycles. The number of esters is 1. The van der Waals surface area contributed by atoms with E-state index in [4.69, 9.17) is 9.47 Å². The lowest BCUT2D eigenvalue weighted by Crippen LogP contribution is -2.07. The average molecular weight is 236 g/mol. The zero-order valence-electron chi connectivity index (χ0n) is 10.9. The standard InChI is InChI=1S/C14H20O3/c1-5-17-14(15)12-7-6-11(8-10(2)3)9-13(12)16-4/h6-7,9-10H,5,8H2,1-4H3. The van der Waals surface area contributed by atoms with Crippen molar-refractivity contribution in [2.45, 2.75) is 27.2 Å². The first-order valence-corrected chi connectivity index (χ1v) is 5.92. The summed E-state index contributed by atoms with van der Waals surface area (Å²) in [6, 6.07) is 5.63. The first-order valence-electron chi connectivity index (χ1n) is 5.92. The van der Waals surface area contributed by atoms with Crippen LogP contribution in [-0.2, 0) is 11.2 Å². The van der Waals surface area contributed by atoms with Crippen LogP contribution >= 0.6 is 0 Å². The molecule has 0 bridgehead atoms. The molecule has 1 aromatic carbocycles. The van der Waals surface area contributed by atoms with Crippen molar-refractivity contribution in [2.75, 3.05) is 13.7 Å². The lowest BCUT2D eigenvalue weighted by molar-refractivity contribution is 0.0522. The Hall–Kier alpha value is -1.51. The fraction of sp³-hybridized carbons (Fsp3) is 0.500. The van der Waals surface area contributed by atoms with Gasteiger partial charge in [-0.2, -0.15) is 0 Å². The molecule has 0 saturated carbocycles. The molecule has 0 fully saturated rings. The molecule has 0 aliphatic heterocycles. The topological polar surface area (TPSA) is 35.5 Å². The van der Waals surface area contributed by atoms with Gasteiger partial charge in [-0.25, -0.2) is 4.79 Å². The van der Waals surface area contributed by atoms with Gasteiger partial charge >= 0.3 is 5.97 Å². The number of methoxy groups -OCH3 is 1. The molecule has 0 atom stereocenters. The first-order chi connectivity index (χ1) is 8.08. The van der Waals surface area contributed by atoms with Gasteiger partial charge in [0.2, 0.25) is 0 Å². The minimum atomic E-state index is -0.333. The molecule has 0 spiro atoms. The van der Waals surface area contributed by atoms with E-state index in [-0.39, 0.29) is 5.97 Å². The van der Waals surface area contributed by atoms with Gasteiger partial charge in [-0.1, -0.05) is 19.9 Å². The van der Waals surface area contributed by atoms with Gasteiger partial charge in [-0.3, -0.25) is 0 Å². The molecule has 0 unspecified atom stereocenters. The van der Waals surface area contributed by atoms with Crippen LogP contribution in [-0.4, -0.2) is 19.7 Å². The molecule has 1 aromatic rings. The highest BCUT2D eigenvalue weighted by atomic mass is 16.5. The Labute approximate surface area is 103 Å². The monoisotopic (exact) mass is 236 g/mol. The second kappa shape index (κ2) is 6.28. The quantitative estimate of drug-likeness (QED) is 0.737. The van der Waals surface area contributed by atoms with Crippen molar-refractivity contribution < 1.29 is 14.3 Å². The van der Waals surface area contributed by atoms with Crippen LogP contribution in [0, 0.1) is 5.92 Å². The molecule has 0 amide bonds. The minimum Gasteiger partial charge on any atom is -0.496 e. The van der Waals surface area contributed by atoms with Crippen LogP contribution in [0.1, 0.15) is 36.7 Å². The van der Waals surface area contributed by atoms with Crippen molar-refractivity contribution in [2.24, 2.45) is 5.92 Å². The Balaban J connectivity index is 2.96. The van der Waals surface area contributed by atoms with Crippen molar-refractivity contribution in [3.05, 3.63) is 29.3 Å². The summed E-state index contributed by atoms with van der Waals surface area (Å²) >= 11 is 0. The summed E-state index contributed by atoms with van der Waals surface area (Å²) in [5, 5.41) is 0. The smallest absolute Gasteiger partial charge is 0.341 e. The van der Waals surface area contributed by atoms with E-state index in [9.17, 15) is 4.79 Å². The fourth-order valence-electron chi connectivity index (χ4n) is 1.71. The van der Waals surface area contributed by atoms with Crippen LogP contribution in [0.3, 0.4) is 0 Å². The Morgan fingerprint density at radius 3 is 2.59 bits per heavy atom. The van der Waals surface area contributed by atoms with E-state index in [0.717, 1.165) is 6.42 Å². The van der Waals surface area contributed by atoms with Crippen LogP contribution in [0.15, 0.2) is 18.2 Å². The van der Waals surface area contributed by atoms with Crippen molar-refractivity contribution in [1.82, 2.24) is 0 Å². The molecule has 0 saturated heterocycles. The number of hydrogen-bond acceptors (Lipinski definition) is 3. The number of ether oxygens (including phenoxy) is 2. The Kier molecular flexibility index (Phi) is 5.01. The number of carbonyl (C=O) groups is 1. The zero-order chi connectivity index (χ0) is 12.8. The van der Waals surface area contributed by atoms with E-state index in [2.05, 4.69) is 13.8 Å². The van der Waals surface area contributed by atoms with E-state index in [1.165, 1.54) is 5.56 Å². The molecular formula is C14H20O3. The number of benzene rings is 1. The lowest BCUT2D eigenvalue weighted by atomic mass is 10.0. The molecule has 0 heterocycles. The third kappa shape index (κ3) is 3.77. The van der Waals surface area contributed by atoms with Crippen molar-refractivity contribution in [3.63, 3.8) is 0 Å². The second-order valence-electron chi connectivity index (χ2n) is 4.35. The maximum Gasteiger partial charge on any atom is 0.341 e. The molecule has 3 nitrogen and oxygen atoms in total. The van der Waals surface area contributed by atoms with Crippen LogP contribution in [0.2, 0.25) is 0 Å². The number of carbonyl (C=O) groups excluding carboxylic acids is 1. The van der Waals surface area contributed by atoms with Crippen molar-refractivity contribution in [3.8, 4) is 5.75 Å². The van der Waals surface area contributed by atoms with Gasteiger partial charge in [0.15, 0.2) is 0 Å². The number of hydrogen-bond donors (Lipinski definition) is 0. The highest BCUT2D eigenvalue weighted by Crippen LogP contribution is 2.22. The highest BCUT2D eigenvalue weighted by molar-refractivity contribution is 5.92. The van der Waals surface area contributed by atoms with Gasteiger partial charge in [-0.05, 0) is 37.0 Å². The maximum absolute atomic E-state index is 11.7. The molecule has 0 radical (unpaired) electrons. The van der Waals surface area contributed by atoms with Crippen molar-refractivity contribution >= 4 is 5.97 Å². The van der Waals surface area contributed by atoms with Gasteiger partial charge in [0.1, 0.15) is 11.3 Å². The molecule has 1 rings (SSSR count). The van der Waals surface area contributed by atoms with Gasteiger partial charge in [0.05, 0.1) is 13.7 Å². The largest absolute Gasteiger partial charge is 0.496 e. The fourth-order valence-corrected chi connectivity index (χ4v) is 1.71. The minimum absolute atomic E-state index is 0.333. The molecular weight excluding hydrogens is 216 g/mol. The normalized spacial score (nSPS) is 10.4. The van der Waals surface area contributed by atoms with E-state index in [1.54, 1.807) is 20.1 Å². The third-order valence-electron chi connectivity index (χ3n) is 2.41. The van der Waals surface area contributed by atoms with Gasteiger partial charge < -0.3 is 9.47 Å². The molecule has 3 heteroatoms. The maximum atomic E-state index is 11.7. The van der Waals surface area contributed by atoms with Crippen LogP contribution in [0.25, 0.3) is 0 Å². The van der Waals surface area contributed by atoms with E-state index in [1.807, 2.05) is 12.1 Å². The van der Waals surface area contributed by atoms with E-state index in [0.29, 0.717) is 23.8 Å². The summed E-state index contributed by atoms with van der Waals surface area (Å²) in [6.07, 6.45) is 0.972. The summed E-state index contributed by atoms with van der Waals surface area (Å²) in [4.78, 5) is 11.7. The molecule has 94 valence electrons. The predicted octanol–water partition coefficient (Wildman–Crippen LogP) is 3.07. The van der Waals surface area contributed by atoms with Gasteiger partial charge in [0, 0.05) is 0 Å². The Morgan fingerprint density at radius 2 is 2.06 bits per heavy atom. The van der Waals surface area contributed by atoms with E-state index < -0.39 is 0 Å². The van der Waals surface area contributed by atoms with Crippen molar-refractivity contribution in [1.29, 1.82) is 0 Å². The van der Waals surface area contributed by atoms with Crippen LogP contribution < -0.4 is 4.74 Å². The van der Waals surface area contributed by atoms with Crippen LogP contribution in [0.4, 0.5) is 0 Å². The molecule has 0 N–H and O–H groups in total. The predicted molar refractivity (Wildman–Crippen MR) is 67.5 cm³/mol. The summed E-state index contributed by atoms with van der Waals surface area (Å²) in [5.41, 5.74) is 1.66. The molecule has 17 heavy (non-hydrogen) atoms. The van der Waals surface area contributed by atoms with E-state index >= 15 is 0 Å². The third-order valence-corrected chi connectivity index (χ3v) is 2.41. The summed E-state index contributed by atoms with van der Waals surface area (Å²) in [6.45, 7) is 6.48. The van der Waals surface area contributed by atoms with Gasteiger partial charge in [0.25, 0.3) is 0 Å². The average Bonchev–Trinajstić information content (AvgIpc) is 2.28. The zero-order valence-corrected chi connectivity index (χ0v) is 10.9. The number of rotatable bonds is 5. The highest BCUT2D eigenvalue weighted by Gasteiger charge is 2.13. The summed E-state index contributed by atoms with van der Waals surface area (Å²) in [5.74, 6) is 0.829. The SMILES string of the molecule is CCOC(=O)c1ccc(CC(C)C)cc1OC. The summed E-state index contributed by atoms with van der Waals surface area (Å²) in [7, 11) is 1.57. The second-order valence-corrected chi connectivity index (χ2v) is 4.35. The first kappa shape index (κ1) is 13.6. The Morgan fingerprint density at radius 1 is 1.35 bits per heavy atom. The Bertz CT molecular complexity index is 383. The molecule has 0 aliphatic carbocycles.